The molecule has 1 atom stereocenters. The normalized spacial score (nSPS) is 15.0. The van der Waals surface area contributed by atoms with E-state index in [1.807, 2.05) is 18.2 Å². The van der Waals surface area contributed by atoms with Crippen LogP contribution in [0.3, 0.4) is 0 Å². The zero-order valence-corrected chi connectivity index (χ0v) is 15.7. The van der Waals surface area contributed by atoms with Gasteiger partial charge in [-0.25, -0.2) is 0 Å². The average molecular weight is 415 g/mol. The van der Waals surface area contributed by atoms with E-state index in [1.54, 1.807) is 36.4 Å². The third kappa shape index (κ3) is 2.65. The van der Waals surface area contributed by atoms with Gasteiger partial charge in [-0.1, -0.05) is 54.6 Å². The van der Waals surface area contributed by atoms with Crippen LogP contribution < -0.4 is 0 Å². The van der Waals surface area contributed by atoms with Crippen LogP contribution >= 0.6 is 23.2 Å². The van der Waals surface area contributed by atoms with Crippen LogP contribution in [-0.4, -0.2) is 26.1 Å². The lowest BCUT2D eigenvalue weighted by atomic mass is 9.97. The van der Waals surface area contributed by atoms with E-state index in [4.69, 9.17) is 23.2 Å². The number of carbonyl (C=O) groups excluding carboxylic acids is 2. The van der Waals surface area contributed by atoms with E-state index in [1.165, 1.54) is 12.1 Å². The minimum absolute atomic E-state index is 0.158. The van der Waals surface area contributed by atoms with Crippen LogP contribution in [0.25, 0.3) is 10.8 Å². The number of halogens is 2. The van der Waals surface area contributed by atoms with Crippen molar-refractivity contribution in [2.24, 2.45) is 0 Å². The van der Waals surface area contributed by atoms with Gasteiger partial charge in [0, 0.05) is 0 Å². The number of rotatable bonds is 4. The van der Waals surface area contributed by atoms with Gasteiger partial charge in [0.25, 0.3) is 11.8 Å². The van der Waals surface area contributed by atoms with Crippen LogP contribution in [0, 0.1) is 10.1 Å². The lowest BCUT2D eigenvalue weighted by Gasteiger charge is -2.30. The Bertz CT molecular complexity index is 1110. The minimum atomic E-state index is -2.64. The number of amides is 2. The molecule has 0 fully saturated rings. The van der Waals surface area contributed by atoms with E-state index in [0.29, 0.717) is 10.9 Å². The standard InChI is InChI=1S/C20H12Cl2N2O4/c21-20(22,24(27)28)17(14-11-5-7-12-6-1-2-8-13(12)14)23-18(25)15-9-3-4-10-16(15)19(23)26/h1-11,17H. The molecule has 0 saturated heterocycles. The Hall–Kier alpha value is -2.96. The summed E-state index contributed by atoms with van der Waals surface area (Å²) in [5.74, 6) is -1.35. The van der Waals surface area contributed by atoms with Crippen LogP contribution in [0.15, 0.2) is 66.7 Å². The Kier molecular flexibility index (Phi) is 4.33. The average Bonchev–Trinajstić information content (AvgIpc) is 2.94. The maximum absolute atomic E-state index is 13.0. The first-order valence-corrected chi connectivity index (χ1v) is 9.06. The van der Waals surface area contributed by atoms with Crippen molar-refractivity contribution in [3.8, 4) is 0 Å². The van der Waals surface area contributed by atoms with Crippen LogP contribution in [0.5, 0.6) is 0 Å². The van der Waals surface area contributed by atoms with Gasteiger partial charge in [0.15, 0.2) is 6.04 Å². The fourth-order valence-corrected chi connectivity index (χ4v) is 3.94. The van der Waals surface area contributed by atoms with Crippen LogP contribution in [0.1, 0.15) is 32.3 Å². The summed E-state index contributed by atoms with van der Waals surface area (Å²) in [5, 5.41) is 13.1. The Balaban J connectivity index is 1.98. The molecule has 1 aliphatic heterocycles. The lowest BCUT2D eigenvalue weighted by Crippen LogP contribution is -2.46. The first-order chi connectivity index (χ1) is 13.3. The van der Waals surface area contributed by atoms with E-state index in [2.05, 4.69) is 0 Å². The molecule has 0 aromatic heterocycles. The molecule has 6 nitrogen and oxygen atoms in total. The fraction of sp³-hybridized carbons (Fsp3) is 0.100. The molecule has 28 heavy (non-hydrogen) atoms. The van der Waals surface area contributed by atoms with E-state index in [-0.39, 0.29) is 11.1 Å². The number of carbonyl (C=O) groups is 2. The Morgan fingerprint density at radius 1 is 0.857 bits per heavy atom. The summed E-state index contributed by atoms with van der Waals surface area (Å²) in [6, 6.07) is 16.9. The highest BCUT2D eigenvalue weighted by molar-refractivity contribution is 6.47. The van der Waals surface area contributed by atoms with Crippen molar-refractivity contribution >= 4 is 45.8 Å². The highest BCUT2D eigenvalue weighted by atomic mass is 35.5. The van der Waals surface area contributed by atoms with Gasteiger partial charge in [-0.15, -0.1) is 0 Å². The second kappa shape index (κ2) is 6.58. The van der Waals surface area contributed by atoms with Gasteiger partial charge in [-0.2, -0.15) is 0 Å². The summed E-state index contributed by atoms with van der Waals surface area (Å²) in [7, 11) is 0. The zero-order valence-electron chi connectivity index (χ0n) is 14.2. The first kappa shape index (κ1) is 18.4. The van der Waals surface area contributed by atoms with Crippen molar-refractivity contribution in [2.75, 3.05) is 0 Å². The van der Waals surface area contributed by atoms with Crippen molar-refractivity contribution in [3.05, 3.63) is 93.5 Å². The molecule has 0 spiro atoms. The van der Waals surface area contributed by atoms with E-state index in [9.17, 15) is 19.7 Å². The first-order valence-electron chi connectivity index (χ1n) is 8.31. The van der Waals surface area contributed by atoms with Gasteiger partial charge < -0.3 is 0 Å². The molecule has 3 aromatic rings. The highest BCUT2D eigenvalue weighted by Crippen LogP contribution is 2.46. The van der Waals surface area contributed by atoms with Gasteiger partial charge in [0.1, 0.15) is 0 Å². The topological polar surface area (TPSA) is 80.5 Å². The number of benzene rings is 3. The molecule has 140 valence electrons. The summed E-state index contributed by atoms with van der Waals surface area (Å²) >= 11 is 12.3. The largest absolute Gasteiger partial charge is 0.395 e. The van der Waals surface area contributed by atoms with E-state index >= 15 is 0 Å². The molecule has 2 amide bonds. The SMILES string of the molecule is O=C1c2ccccc2C(=O)N1C(c1cccc2ccccc12)C(Cl)(Cl)[N+](=O)[O-]. The smallest absolute Gasteiger partial charge is 0.269 e. The van der Waals surface area contributed by atoms with E-state index < -0.39 is 27.2 Å². The maximum atomic E-state index is 13.0. The summed E-state index contributed by atoms with van der Waals surface area (Å²) < 4.78 is -2.64. The number of fused-ring (bicyclic) bond motifs is 2. The quantitative estimate of drug-likeness (QED) is 0.205. The summed E-state index contributed by atoms with van der Waals surface area (Å²) in [5.41, 5.74) is 0.629. The van der Waals surface area contributed by atoms with Gasteiger partial charge >= 0.3 is 4.46 Å². The molecule has 1 heterocycles. The number of imide groups is 1. The molecule has 0 radical (unpaired) electrons. The predicted molar refractivity (Wildman–Crippen MR) is 105 cm³/mol. The van der Waals surface area contributed by atoms with Gasteiger partial charge in [-0.05, 0) is 51.7 Å². The van der Waals surface area contributed by atoms with Gasteiger partial charge in [0.2, 0.25) is 0 Å². The van der Waals surface area contributed by atoms with Gasteiger partial charge in [0.05, 0.1) is 16.1 Å². The Morgan fingerprint density at radius 3 is 2.00 bits per heavy atom. The monoisotopic (exact) mass is 414 g/mol. The van der Waals surface area contributed by atoms with Crippen molar-refractivity contribution < 1.29 is 14.5 Å². The second-order valence-corrected chi connectivity index (χ2v) is 7.69. The molecular formula is C20H12Cl2N2O4. The fourth-order valence-electron chi connectivity index (χ4n) is 3.51. The van der Waals surface area contributed by atoms with E-state index in [0.717, 1.165) is 10.3 Å². The molecule has 0 bridgehead atoms. The summed E-state index contributed by atoms with van der Waals surface area (Å²) in [4.78, 5) is 37.6. The number of hydrogen-bond donors (Lipinski definition) is 0. The molecular weight excluding hydrogens is 403 g/mol. The van der Waals surface area contributed by atoms with Crippen molar-refractivity contribution in [1.82, 2.24) is 4.90 Å². The lowest BCUT2D eigenvalue weighted by molar-refractivity contribution is -0.523. The number of nitro groups is 1. The molecule has 0 N–H and O–H groups in total. The molecule has 3 aromatic carbocycles. The molecule has 8 heteroatoms. The summed E-state index contributed by atoms with van der Waals surface area (Å²) in [6.45, 7) is 0. The molecule has 4 rings (SSSR count). The predicted octanol–water partition coefficient (Wildman–Crippen LogP) is 4.59. The van der Waals surface area contributed by atoms with Crippen LogP contribution in [0.4, 0.5) is 0 Å². The number of alkyl halides is 2. The third-order valence-corrected chi connectivity index (χ3v) is 5.46. The van der Waals surface area contributed by atoms with Gasteiger partial charge in [-0.3, -0.25) is 24.6 Å². The van der Waals surface area contributed by atoms with Crippen LogP contribution in [-0.2, 0) is 0 Å². The number of nitrogens with zero attached hydrogens (tertiary/aromatic N) is 2. The molecule has 0 saturated carbocycles. The Labute approximate surface area is 169 Å². The molecule has 1 aliphatic rings. The Morgan fingerprint density at radius 2 is 1.39 bits per heavy atom. The molecule has 1 unspecified atom stereocenters. The second-order valence-electron chi connectivity index (χ2n) is 6.34. The van der Waals surface area contributed by atoms with Crippen LogP contribution in [0.2, 0.25) is 0 Å². The maximum Gasteiger partial charge on any atom is 0.395 e. The minimum Gasteiger partial charge on any atom is -0.269 e. The zero-order chi connectivity index (χ0) is 20.1. The molecule has 0 aliphatic carbocycles. The number of hydrogen-bond acceptors (Lipinski definition) is 4. The third-order valence-electron chi connectivity index (χ3n) is 4.77. The van der Waals surface area contributed by atoms with Crippen molar-refractivity contribution in [1.29, 1.82) is 0 Å². The summed E-state index contributed by atoms with van der Waals surface area (Å²) in [6.07, 6.45) is 0. The highest BCUT2D eigenvalue weighted by Gasteiger charge is 2.57. The van der Waals surface area contributed by atoms with Crippen molar-refractivity contribution in [3.63, 3.8) is 0 Å². The van der Waals surface area contributed by atoms with Crippen molar-refractivity contribution in [2.45, 2.75) is 10.5 Å².